The molecule has 0 radical (unpaired) electrons. The standard InChI is InChI=1S/C14H16ClNO3/c1-10(17)6-14(18)19-5-4-16-8-11-2-3-13(15)7-12(11)9-16/h2-3,7H,4-6,8-9H2,1H3. The Labute approximate surface area is 117 Å². The minimum atomic E-state index is -0.452. The van der Waals surface area contributed by atoms with Crippen LogP contribution >= 0.6 is 11.6 Å². The molecule has 0 spiro atoms. The normalized spacial score (nSPS) is 14.2. The molecule has 0 saturated carbocycles. The predicted octanol–water partition coefficient (Wildman–Crippen LogP) is 2.18. The SMILES string of the molecule is CC(=O)CC(=O)OCCN1Cc2ccc(Cl)cc2C1. The Balaban J connectivity index is 1.75. The Bertz CT molecular complexity index is 501. The van der Waals surface area contributed by atoms with Crippen LogP contribution in [-0.2, 0) is 27.4 Å². The second kappa shape index (κ2) is 6.17. The number of nitrogens with zero attached hydrogens (tertiary/aromatic N) is 1. The summed E-state index contributed by atoms with van der Waals surface area (Å²) >= 11 is 5.95. The molecule has 0 fully saturated rings. The summed E-state index contributed by atoms with van der Waals surface area (Å²) in [5, 5.41) is 0.744. The van der Waals surface area contributed by atoms with Gasteiger partial charge in [0.1, 0.15) is 18.8 Å². The van der Waals surface area contributed by atoms with Crippen molar-refractivity contribution in [2.24, 2.45) is 0 Å². The Hall–Kier alpha value is -1.39. The van der Waals surface area contributed by atoms with Crippen LogP contribution in [-0.4, -0.2) is 29.8 Å². The van der Waals surface area contributed by atoms with Gasteiger partial charge in [-0.25, -0.2) is 0 Å². The maximum Gasteiger partial charge on any atom is 0.313 e. The quantitative estimate of drug-likeness (QED) is 0.613. The molecule has 1 heterocycles. The van der Waals surface area contributed by atoms with Crippen molar-refractivity contribution in [2.45, 2.75) is 26.4 Å². The lowest BCUT2D eigenvalue weighted by molar-refractivity contribution is -0.146. The number of hydrogen-bond donors (Lipinski definition) is 0. The van der Waals surface area contributed by atoms with Crippen molar-refractivity contribution < 1.29 is 14.3 Å². The number of rotatable bonds is 5. The lowest BCUT2D eigenvalue weighted by Crippen LogP contribution is -2.23. The fraction of sp³-hybridized carbons (Fsp3) is 0.429. The number of Topliss-reactive ketones (excluding diaryl/α,β-unsaturated/α-hetero) is 1. The van der Waals surface area contributed by atoms with Crippen molar-refractivity contribution in [1.29, 1.82) is 0 Å². The zero-order valence-electron chi connectivity index (χ0n) is 10.8. The molecule has 1 aromatic carbocycles. The van der Waals surface area contributed by atoms with Crippen LogP contribution in [0.1, 0.15) is 24.5 Å². The van der Waals surface area contributed by atoms with Gasteiger partial charge in [0.05, 0.1) is 0 Å². The third-order valence-electron chi connectivity index (χ3n) is 3.02. The molecule has 0 saturated heterocycles. The lowest BCUT2D eigenvalue weighted by atomic mass is 10.1. The third kappa shape index (κ3) is 4.04. The zero-order chi connectivity index (χ0) is 13.8. The summed E-state index contributed by atoms with van der Waals surface area (Å²) in [4.78, 5) is 24.1. The van der Waals surface area contributed by atoms with Gasteiger partial charge in [-0.15, -0.1) is 0 Å². The van der Waals surface area contributed by atoms with E-state index in [-0.39, 0.29) is 12.2 Å². The number of halogens is 1. The number of fused-ring (bicyclic) bond motifs is 1. The summed E-state index contributed by atoms with van der Waals surface area (Å²) in [6, 6.07) is 5.88. The van der Waals surface area contributed by atoms with Crippen LogP contribution in [0, 0.1) is 0 Å². The highest BCUT2D eigenvalue weighted by atomic mass is 35.5. The lowest BCUT2D eigenvalue weighted by Gasteiger charge is -2.14. The number of hydrogen-bond acceptors (Lipinski definition) is 4. The minimum absolute atomic E-state index is 0.143. The van der Waals surface area contributed by atoms with Crippen molar-refractivity contribution in [1.82, 2.24) is 4.90 Å². The first-order valence-corrected chi connectivity index (χ1v) is 6.57. The van der Waals surface area contributed by atoms with Crippen LogP contribution in [0.15, 0.2) is 18.2 Å². The highest BCUT2D eigenvalue weighted by Crippen LogP contribution is 2.25. The van der Waals surface area contributed by atoms with E-state index in [9.17, 15) is 9.59 Å². The average molecular weight is 282 g/mol. The van der Waals surface area contributed by atoms with E-state index in [2.05, 4.69) is 4.90 Å². The van der Waals surface area contributed by atoms with Gasteiger partial charge in [0.25, 0.3) is 0 Å². The molecule has 0 aromatic heterocycles. The average Bonchev–Trinajstić information content (AvgIpc) is 2.69. The Morgan fingerprint density at radius 2 is 2.05 bits per heavy atom. The van der Waals surface area contributed by atoms with Crippen LogP contribution in [0.5, 0.6) is 0 Å². The van der Waals surface area contributed by atoms with Crippen molar-refractivity contribution >= 4 is 23.4 Å². The number of carbonyl (C=O) groups is 2. The molecule has 2 rings (SSSR count). The smallest absolute Gasteiger partial charge is 0.313 e. The van der Waals surface area contributed by atoms with Gasteiger partial charge in [0, 0.05) is 24.7 Å². The van der Waals surface area contributed by atoms with E-state index in [1.165, 1.54) is 18.1 Å². The van der Waals surface area contributed by atoms with Crippen molar-refractivity contribution in [2.75, 3.05) is 13.2 Å². The number of esters is 1. The van der Waals surface area contributed by atoms with Crippen molar-refractivity contribution in [3.63, 3.8) is 0 Å². The molecular weight excluding hydrogens is 266 g/mol. The van der Waals surface area contributed by atoms with Crippen molar-refractivity contribution in [3.8, 4) is 0 Å². The molecule has 1 aliphatic rings. The van der Waals surface area contributed by atoms with Crippen LogP contribution in [0.3, 0.4) is 0 Å². The molecule has 5 heteroatoms. The maximum atomic E-state index is 11.2. The molecular formula is C14H16ClNO3. The summed E-state index contributed by atoms with van der Waals surface area (Å²) in [6.07, 6.45) is -0.143. The Kier molecular flexibility index (Phi) is 4.56. The molecule has 1 aliphatic heterocycles. The summed E-state index contributed by atoms with van der Waals surface area (Å²) in [6.45, 7) is 4.02. The van der Waals surface area contributed by atoms with E-state index in [1.54, 1.807) is 0 Å². The van der Waals surface area contributed by atoms with E-state index < -0.39 is 5.97 Å². The fourth-order valence-electron chi connectivity index (χ4n) is 2.13. The van der Waals surface area contributed by atoms with E-state index >= 15 is 0 Å². The van der Waals surface area contributed by atoms with Crippen molar-refractivity contribution in [3.05, 3.63) is 34.3 Å². The molecule has 0 aliphatic carbocycles. The van der Waals surface area contributed by atoms with Gasteiger partial charge in [-0.3, -0.25) is 14.5 Å². The van der Waals surface area contributed by atoms with Crippen LogP contribution < -0.4 is 0 Å². The number of ether oxygens (including phenoxy) is 1. The molecule has 19 heavy (non-hydrogen) atoms. The van der Waals surface area contributed by atoms with Gasteiger partial charge in [-0.2, -0.15) is 0 Å². The van der Waals surface area contributed by atoms with Crippen LogP contribution in [0.2, 0.25) is 5.02 Å². The summed E-state index contributed by atoms with van der Waals surface area (Å²) in [5.41, 5.74) is 2.49. The second-order valence-electron chi connectivity index (χ2n) is 4.72. The predicted molar refractivity (Wildman–Crippen MR) is 71.8 cm³/mol. The highest BCUT2D eigenvalue weighted by Gasteiger charge is 2.19. The molecule has 0 atom stereocenters. The summed E-state index contributed by atoms with van der Waals surface area (Å²) in [7, 11) is 0. The molecule has 0 unspecified atom stereocenters. The second-order valence-corrected chi connectivity index (χ2v) is 5.16. The first kappa shape index (κ1) is 14.0. The molecule has 4 nitrogen and oxygen atoms in total. The molecule has 102 valence electrons. The number of ketones is 1. The van der Waals surface area contributed by atoms with Gasteiger partial charge in [-0.1, -0.05) is 17.7 Å². The first-order valence-electron chi connectivity index (χ1n) is 6.19. The van der Waals surface area contributed by atoms with Gasteiger partial charge in [0.15, 0.2) is 0 Å². The van der Waals surface area contributed by atoms with Crippen LogP contribution in [0.4, 0.5) is 0 Å². The van der Waals surface area contributed by atoms with E-state index in [0.717, 1.165) is 18.1 Å². The third-order valence-corrected chi connectivity index (χ3v) is 3.26. The molecule has 0 amide bonds. The summed E-state index contributed by atoms with van der Waals surface area (Å²) < 4.78 is 5.01. The minimum Gasteiger partial charge on any atom is -0.464 e. The van der Waals surface area contributed by atoms with E-state index in [1.807, 2.05) is 18.2 Å². The van der Waals surface area contributed by atoms with Crippen LogP contribution in [0.25, 0.3) is 0 Å². The molecule has 0 N–H and O–H groups in total. The highest BCUT2D eigenvalue weighted by molar-refractivity contribution is 6.30. The van der Waals surface area contributed by atoms with E-state index in [4.69, 9.17) is 16.3 Å². The summed E-state index contributed by atoms with van der Waals surface area (Å²) in [5.74, 6) is -0.625. The molecule has 0 bridgehead atoms. The first-order chi connectivity index (χ1) is 9.04. The molecule has 1 aromatic rings. The Morgan fingerprint density at radius 3 is 2.79 bits per heavy atom. The van der Waals surface area contributed by atoms with E-state index in [0.29, 0.717) is 13.2 Å². The van der Waals surface area contributed by atoms with Gasteiger partial charge in [0.2, 0.25) is 0 Å². The van der Waals surface area contributed by atoms with Gasteiger partial charge in [-0.05, 0) is 30.2 Å². The topological polar surface area (TPSA) is 46.6 Å². The largest absolute Gasteiger partial charge is 0.464 e. The maximum absolute atomic E-state index is 11.2. The fourth-order valence-corrected chi connectivity index (χ4v) is 2.33. The Morgan fingerprint density at radius 1 is 1.32 bits per heavy atom. The monoisotopic (exact) mass is 281 g/mol. The number of benzene rings is 1. The van der Waals surface area contributed by atoms with Gasteiger partial charge >= 0.3 is 5.97 Å². The zero-order valence-corrected chi connectivity index (χ0v) is 11.6. The number of carbonyl (C=O) groups excluding carboxylic acids is 2. The van der Waals surface area contributed by atoms with Gasteiger partial charge < -0.3 is 4.74 Å².